The quantitative estimate of drug-likeness (QED) is 0.673. The van der Waals surface area contributed by atoms with Gasteiger partial charge in [-0.25, -0.2) is 0 Å². The smallest absolute Gasteiger partial charge is 0.130 e. The van der Waals surface area contributed by atoms with Gasteiger partial charge in [0.05, 0.1) is 0 Å². The molecule has 0 bridgehead atoms. The fraction of sp³-hybridized carbons (Fsp3) is 0.818. The minimum atomic E-state index is 0.0390. The topological polar surface area (TPSA) is 34.1 Å². The second-order valence-electron chi connectivity index (χ2n) is 4.88. The lowest BCUT2D eigenvalue weighted by molar-refractivity contribution is -0.121. The van der Waals surface area contributed by atoms with Crippen LogP contribution < -0.4 is 0 Å². The Labute approximate surface area is 80.7 Å². The second-order valence-corrected chi connectivity index (χ2v) is 4.88. The van der Waals surface area contributed by atoms with Crippen LogP contribution in [-0.4, -0.2) is 11.6 Å². The third kappa shape index (κ3) is 5.56. The normalized spacial score (nSPS) is 11.8. The van der Waals surface area contributed by atoms with Gasteiger partial charge in [0.2, 0.25) is 0 Å². The number of carbonyl (C=O) groups is 2. The zero-order valence-electron chi connectivity index (χ0n) is 9.31. The lowest BCUT2D eigenvalue weighted by atomic mass is 9.75. The summed E-state index contributed by atoms with van der Waals surface area (Å²) in [7, 11) is 0. The van der Waals surface area contributed by atoms with Crippen molar-refractivity contribution in [3.8, 4) is 0 Å². The Hall–Kier alpha value is -0.660. The highest BCUT2D eigenvalue weighted by Crippen LogP contribution is 2.31. The summed E-state index contributed by atoms with van der Waals surface area (Å²) < 4.78 is 0. The van der Waals surface area contributed by atoms with E-state index < -0.39 is 0 Å². The molecule has 0 aromatic heterocycles. The molecule has 0 aliphatic carbocycles. The van der Waals surface area contributed by atoms with Crippen LogP contribution in [0.25, 0.3) is 0 Å². The van der Waals surface area contributed by atoms with E-state index in [4.69, 9.17) is 0 Å². The maximum atomic E-state index is 11.0. The van der Waals surface area contributed by atoms with Crippen LogP contribution in [-0.2, 0) is 9.59 Å². The molecule has 0 aliphatic rings. The second kappa shape index (κ2) is 4.54. The van der Waals surface area contributed by atoms with Crippen LogP contribution >= 0.6 is 0 Å². The first kappa shape index (κ1) is 12.3. The average molecular weight is 184 g/mol. The van der Waals surface area contributed by atoms with E-state index in [2.05, 4.69) is 20.8 Å². The summed E-state index contributed by atoms with van der Waals surface area (Å²) in [5.41, 5.74) is 0.0390. The van der Waals surface area contributed by atoms with Gasteiger partial charge < -0.3 is 9.59 Å². The number of hydrogen-bond acceptors (Lipinski definition) is 2. The molecule has 13 heavy (non-hydrogen) atoms. The predicted octanol–water partition coefficient (Wildman–Crippen LogP) is 2.61. The maximum Gasteiger partial charge on any atom is 0.130 e. The number of ketones is 2. The van der Waals surface area contributed by atoms with Crippen molar-refractivity contribution in [2.24, 2.45) is 11.3 Å². The lowest BCUT2D eigenvalue weighted by Gasteiger charge is -2.29. The molecule has 0 radical (unpaired) electrons. The molecule has 0 heterocycles. The Morgan fingerprint density at radius 1 is 1.00 bits per heavy atom. The summed E-state index contributed by atoms with van der Waals surface area (Å²) in [5.74, 6) is 0.518. The lowest BCUT2D eigenvalue weighted by Crippen LogP contribution is -2.24. The Morgan fingerprint density at radius 3 is 1.46 bits per heavy atom. The van der Waals surface area contributed by atoms with Crippen LogP contribution in [0, 0.1) is 11.3 Å². The van der Waals surface area contributed by atoms with Gasteiger partial charge in [-0.05, 0) is 25.2 Å². The Bertz CT molecular complexity index is 183. The average Bonchev–Trinajstić information content (AvgIpc) is 1.81. The number of hydrogen-bond donors (Lipinski definition) is 0. The van der Waals surface area contributed by atoms with Gasteiger partial charge in [-0.2, -0.15) is 0 Å². The van der Waals surface area contributed by atoms with Gasteiger partial charge >= 0.3 is 0 Å². The molecular weight excluding hydrogens is 164 g/mol. The molecular formula is C11H20O2. The molecule has 0 N–H and O–H groups in total. The van der Waals surface area contributed by atoms with Gasteiger partial charge in [0, 0.05) is 12.8 Å². The van der Waals surface area contributed by atoms with Crippen molar-refractivity contribution in [2.45, 2.75) is 47.5 Å². The van der Waals surface area contributed by atoms with Gasteiger partial charge in [-0.3, -0.25) is 0 Å². The highest BCUT2D eigenvalue weighted by atomic mass is 16.1. The fourth-order valence-corrected chi connectivity index (χ4v) is 1.38. The zero-order chi connectivity index (χ0) is 10.6. The van der Waals surface area contributed by atoms with Gasteiger partial charge in [-0.1, -0.05) is 20.8 Å². The van der Waals surface area contributed by atoms with Crippen LogP contribution in [0.4, 0.5) is 0 Å². The van der Waals surface area contributed by atoms with Crippen molar-refractivity contribution in [1.29, 1.82) is 0 Å². The standard InChI is InChI=1S/C11H20O2/c1-8(12)6-10(7-9(2)13)11(3,4)5/h10H,6-7H2,1-5H3. The van der Waals surface area contributed by atoms with E-state index in [0.29, 0.717) is 12.8 Å². The molecule has 0 aliphatic heterocycles. The van der Waals surface area contributed by atoms with E-state index in [1.54, 1.807) is 13.8 Å². The van der Waals surface area contributed by atoms with E-state index in [9.17, 15) is 9.59 Å². The van der Waals surface area contributed by atoms with Gasteiger partial charge in [0.25, 0.3) is 0 Å². The van der Waals surface area contributed by atoms with Crippen molar-refractivity contribution >= 4 is 11.6 Å². The third-order valence-electron chi connectivity index (χ3n) is 2.29. The van der Waals surface area contributed by atoms with E-state index >= 15 is 0 Å². The molecule has 0 spiro atoms. The summed E-state index contributed by atoms with van der Waals surface area (Å²) in [6, 6.07) is 0. The zero-order valence-corrected chi connectivity index (χ0v) is 9.31. The summed E-state index contributed by atoms with van der Waals surface area (Å²) >= 11 is 0. The predicted molar refractivity (Wildman–Crippen MR) is 53.5 cm³/mol. The van der Waals surface area contributed by atoms with Gasteiger partial charge in [-0.15, -0.1) is 0 Å². The minimum Gasteiger partial charge on any atom is -0.300 e. The van der Waals surface area contributed by atoms with Crippen LogP contribution in [0.1, 0.15) is 47.5 Å². The summed E-state index contributed by atoms with van der Waals surface area (Å²) in [4.78, 5) is 21.9. The largest absolute Gasteiger partial charge is 0.300 e. The van der Waals surface area contributed by atoms with Crippen molar-refractivity contribution in [3.05, 3.63) is 0 Å². The van der Waals surface area contributed by atoms with Gasteiger partial charge in [0.1, 0.15) is 11.6 Å². The highest BCUT2D eigenvalue weighted by Gasteiger charge is 2.26. The Kier molecular flexibility index (Phi) is 4.31. The molecule has 0 saturated carbocycles. The highest BCUT2D eigenvalue weighted by molar-refractivity contribution is 5.79. The van der Waals surface area contributed by atoms with Crippen LogP contribution in [0.5, 0.6) is 0 Å². The molecule has 0 saturated heterocycles. The van der Waals surface area contributed by atoms with E-state index in [0.717, 1.165) is 0 Å². The Balaban J connectivity index is 4.37. The first-order valence-corrected chi connectivity index (χ1v) is 4.72. The van der Waals surface area contributed by atoms with Crippen molar-refractivity contribution in [3.63, 3.8) is 0 Å². The van der Waals surface area contributed by atoms with E-state index in [-0.39, 0.29) is 22.9 Å². The molecule has 0 aromatic carbocycles. The summed E-state index contributed by atoms with van der Waals surface area (Å²) in [6.07, 6.45) is 1.03. The molecule has 0 aromatic rings. The molecule has 0 atom stereocenters. The molecule has 2 nitrogen and oxygen atoms in total. The monoisotopic (exact) mass is 184 g/mol. The van der Waals surface area contributed by atoms with Crippen LogP contribution in [0.2, 0.25) is 0 Å². The van der Waals surface area contributed by atoms with Crippen molar-refractivity contribution in [1.82, 2.24) is 0 Å². The SMILES string of the molecule is CC(=O)CC(CC(C)=O)C(C)(C)C. The molecule has 0 unspecified atom stereocenters. The number of carbonyl (C=O) groups excluding carboxylic acids is 2. The van der Waals surface area contributed by atoms with Gasteiger partial charge in [0.15, 0.2) is 0 Å². The number of rotatable bonds is 4. The molecule has 0 fully saturated rings. The Morgan fingerprint density at radius 2 is 1.31 bits per heavy atom. The summed E-state index contributed by atoms with van der Waals surface area (Å²) in [5, 5.41) is 0. The minimum absolute atomic E-state index is 0.0390. The number of Topliss-reactive ketones (excluding diaryl/α,β-unsaturated/α-hetero) is 2. The molecule has 2 heteroatoms. The fourth-order valence-electron chi connectivity index (χ4n) is 1.38. The molecule has 0 rings (SSSR count). The van der Waals surface area contributed by atoms with Crippen LogP contribution in [0.3, 0.4) is 0 Å². The molecule has 0 amide bonds. The first-order valence-electron chi connectivity index (χ1n) is 4.72. The first-order chi connectivity index (χ1) is 5.73. The maximum absolute atomic E-state index is 11.0. The third-order valence-corrected chi connectivity index (χ3v) is 2.29. The summed E-state index contributed by atoms with van der Waals surface area (Å²) in [6.45, 7) is 9.38. The van der Waals surface area contributed by atoms with Crippen LogP contribution in [0.15, 0.2) is 0 Å². The van der Waals surface area contributed by atoms with Crippen molar-refractivity contribution in [2.75, 3.05) is 0 Å². The van der Waals surface area contributed by atoms with E-state index in [1.165, 1.54) is 0 Å². The van der Waals surface area contributed by atoms with E-state index in [1.807, 2.05) is 0 Å². The molecule has 76 valence electrons. The van der Waals surface area contributed by atoms with Crippen molar-refractivity contribution < 1.29 is 9.59 Å².